The highest BCUT2D eigenvalue weighted by atomic mass is 127. The van der Waals surface area contributed by atoms with Crippen molar-refractivity contribution in [1.82, 2.24) is 4.90 Å². The van der Waals surface area contributed by atoms with E-state index in [0.29, 0.717) is 51.2 Å². The average Bonchev–Trinajstić information content (AvgIpc) is 3.48. The van der Waals surface area contributed by atoms with Gasteiger partial charge in [-0.05, 0) is 90.0 Å². The van der Waals surface area contributed by atoms with E-state index in [9.17, 15) is 19.5 Å². The number of aromatic hydroxyl groups is 1. The molecule has 4 atom stereocenters. The second-order valence-electron chi connectivity index (χ2n) is 11.4. The van der Waals surface area contributed by atoms with Gasteiger partial charge in [-0.25, -0.2) is 0 Å². The van der Waals surface area contributed by atoms with E-state index in [2.05, 4.69) is 35.6 Å². The lowest BCUT2D eigenvalue weighted by Gasteiger charge is -2.31. The van der Waals surface area contributed by atoms with Crippen LogP contribution in [0.2, 0.25) is 0 Å². The SMILES string of the molecule is CCC/C(=C\c1cc(I)c(O)c(OC)c1)CC[C@H]1OC[C@H]2C1=C(COC)C[C@H]1C(=O)N(CCCCCC(=O)O)C(=O)[C@H]12. The zero-order valence-electron chi connectivity index (χ0n) is 24.7. The number of ether oxygens (including phenoxy) is 3. The average molecular weight is 696 g/mol. The summed E-state index contributed by atoms with van der Waals surface area (Å²) in [6, 6.07) is 3.79. The fraction of sp³-hybridized carbons (Fsp3) is 0.594. The Morgan fingerprint density at radius 3 is 2.60 bits per heavy atom. The first kappa shape index (κ1) is 32.5. The smallest absolute Gasteiger partial charge is 0.303 e. The number of methoxy groups -OCH3 is 2. The van der Waals surface area contributed by atoms with Gasteiger partial charge in [-0.3, -0.25) is 19.3 Å². The molecule has 42 heavy (non-hydrogen) atoms. The van der Waals surface area contributed by atoms with E-state index >= 15 is 0 Å². The molecule has 0 aromatic heterocycles. The maximum atomic E-state index is 13.6. The Balaban J connectivity index is 1.48. The molecule has 2 amide bonds. The van der Waals surface area contributed by atoms with Gasteiger partial charge in [0.15, 0.2) is 11.5 Å². The van der Waals surface area contributed by atoms with E-state index in [1.807, 2.05) is 12.1 Å². The number of amides is 2. The van der Waals surface area contributed by atoms with E-state index in [1.54, 1.807) is 14.2 Å². The molecule has 0 radical (unpaired) electrons. The first-order valence-corrected chi connectivity index (χ1v) is 15.9. The third-order valence-corrected chi connectivity index (χ3v) is 9.45. The summed E-state index contributed by atoms with van der Waals surface area (Å²) in [5, 5.41) is 19.1. The third-order valence-electron chi connectivity index (χ3n) is 8.63. The van der Waals surface area contributed by atoms with Crippen molar-refractivity contribution in [2.45, 2.75) is 70.8 Å². The Bertz CT molecular complexity index is 1240. The topological polar surface area (TPSA) is 123 Å². The van der Waals surface area contributed by atoms with Crippen molar-refractivity contribution < 1.29 is 38.8 Å². The van der Waals surface area contributed by atoms with Crippen LogP contribution in [0, 0.1) is 21.3 Å². The van der Waals surface area contributed by atoms with Crippen molar-refractivity contribution in [2.75, 3.05) is 34.0 Å². The zero-order valence-corrected chi connectivity index (χ0v) is 26.9. The normalized spacial score (nSPS) is 23.9. The highest BCUT2D eigenvalue weighted by Gasteiger charge is 2.56. The third kappa shape index (κ3) is 7.19. The number of fused-ring (bicyclic) bond motifs is 3. The molecular weight excluding hydrogens is 653 g/mol. The lowest BCUT2D eigenvalue weighted by molar-refractivity contribution is -0.141. The number of benzene rings is 1. The monoisotopic (exact) mass is 695 g/mol. The lowest BCUT2D eigenvalue weighted by Crippen LogP contribution is -2.35. The van der Waals surface area contributed by atoms with Crippen LogP contribution in [0.4, 0.5) is 0 Å². The minimum Gasteiger partial charge on any atom is -0.504 e. The van der Waals surface area contributed by atoms with Gasteiger partial charge in [-0.15, -0.1) is 0 Å². The Kier molecular flexibility index (Phi) is 11.5. The number of aliphatic carboxylic acids is 1. The van der Waals surface area contributed by atoms with E-state index < -0.39 is 11.9 Å². The number of carboxylic acids is 1. The van der Waals surface area contributed by atoms with Crippen molar-refractivity contribution in [3.05, 3.63) is 38.0 Å². The minimum atomic E-state index is -0.831. The van der Waals surface area contributed by atoms with Crippen molar-refractivity contribution in [2.24, 2.45) is 17.8 Å². The molecule has 2 saturated heterocycles. The Morgan fingerprint density at radius 1 is 1.12 bits per heavy atom. The molecule has 9 nitrogen and oxygen atoms in total. The second-order valence-corrected chi connectivity index (χ2v) is 12.6. The maximum absolute atomic E-state index is 13.6. The van der Waals surface area contributed by atoms with Crippen LogP contribution in [0.3, 0.4) is 0 Å². The van der Waals surface area contributed by atoms with E-state index in [1.165, 1.54) is 10.5 Å². The molecule has 0 spiro atoms. The van der Waals surface area contributed by atoms with Gasteiger partial charge in [0.05, 0.1) is 41.8 Å². The maximum Gasteiger partial charge on any atom is 0.303 e. The molecule has 3 aliphatic rings. The molecule has 0 bridgehead atoms. The van der Waals surface area contributed by atoms with Gasteiger partial charge in [0, 0.05) is 26.0 Å². The van der Waals surface area contributed by atoms with Crippen molar-refractivity contribution in [3.8, 4) is 11.5 Å². The molecule has 2 fully saturated rings. The standard InChI is InChI=1S/C32H42INO8/c1-4-8-19(13-20-14-24(33)30(37)26(15-20)41-3)10-11-25-28-21(17-40-2)16-22-29(23(28)18-42-25)32(39)34(31(22)38)12-7-5-6-9-27(35)36/h13-15,22-23,25,29,37H,4-12,16-18H2,1-3H3,(H,35,36)/b19-13+/t22-,23+,25-,29-/m1/s1. The fourth-order valence-corrected chi connectivity index (χ4v) is 7.39. The summed E-state index contributed by atoms with van der Waals surface area (Å²) >= 11 is 2.11. The number of carbonyl (C=O) groups is 3. The number of unbranched alkanes of at least 4 members (excludes halogenated alkanes) is 2. The van der Waals surface area contributed by atoms with Gasteiger partial charge in [-0.2, -0.15) is 0 Å². The van der Waals surface area contributed by atoms with Gasteiger partial charge >= 0.3 is 5.97 Å². The Morgan fingerprint density at radius 2 is 1.90 bits per heavy atom. The highest BCUT2D eigenvalue weighted by molar-refractivity contribution is 14.1. The number of phenolic OH excluding ortho intramolecular Hbond substituents is 1. The molecule has 1 aromatic carbocycles. The second kappa shape index (κ2) is 14.8. The Hall–Kier alpha value is -2.44. The molecule has 2 heterocycles. The summed E-state index contributed by atoms with van der Waals surface area (Å²) < 4.78 is 18.0. The van der Waals surface area contributed by atoms with E-state index in [4.69, 9.17) is 19.3 Å². The van der Waals surface area contributed by atoms with Crippen LogP contribution in [-0.4, -0.2) is 73.0 Å². The summed E-state index contributed by atoms with van der Waals surface area (Å²) in [6.07, 6.45) is 7.95. The summed E-state index contributed by atoms with van der Waals surface area (Å²) in [4.78, 5) is 39.1. The molecule has 0 saturated carbocycles. The molecule has 2 aliphatic heterocycles. The summed E-state index contributed by atoms with van der Waals surface area (Å²) in [5.41, 5.74) is 4.46. The van der Waals surface area contributed by atoms with Gasteiger partial charge in [0.1, 0.15) is 0 Å². The number of hydrogen-bond donors (Lipinski definition) is 2. The largest absolute Gasteiger partial charge is 0.504 e. The number of carboxylic acid groups (broad SMARTS) is 1. The number of carbonyl (C=O) groups excluding carboxylic acids is 2. The summed E-state index contributed by atoms with van der Waals surface area (Å²) in [5.74, 6) is -1.41. The highest BCUT2D eigenvalue weighted by Crippen LogP contribution is 2.50. The van der Waals surface area contributed by atoms with Crippen molar-refractivity contribution in [3.63, 3.8) is 0 Å². The molecule has 230 valence electrons. The van der Waals surface area contributed by atoms with Crippen LogP contribution < -0.4 is 4.74 Å². The molecule has 4 rings (SSSR count). The van der Waals surface area contributed by atoms with Gasteiger partial charge in [0.2, 0.25) is 11.8 Å². The number of nitrogens with zero attached hydrogens (tertiary/aromatic N) is 1. The number of imide groups is 1. The van der Waals surface area contributed by atoms with Crippen LogP contribution in [-0.2, 0) is 23.9 Å². The van der Waals surface area contributed by atoms with Crippen LogP contribution in [0.15, 0.2) is 28.9 Å². The quantitative estimate of drug-likeness (QED) is 0.106. The number of allylic oxidation sites excluding steroid dienone is 1. The number of hydrogen-bond acceptors (Lipinski definition) is 7. The zero-order chi connectivity index (χ0) is 30.4. The fourth-order valence-electron chi connectivity index (χ4n) is 6.76. The van der Waals surface area contributed by atoms with Crippen molar-refractivity contribution >= 4 is 46.5 Å². The van der Waals surface area contributed by atoms with Crippen LogP contribution in [0.5, 0.6) is 11.5 Å². The van der Waals surface area contributed by atoms with Gasteiger partial charge in [-0.1, -0.05) is 31.4 Å². The predicted octanol–water partition coefficient (Wildman–Crippen LogP) is 5.58. The molecule has 1 aromatic rings. The number of likely N-dealkylation sites (tertiary alicyclic amines) is 1. The van der Waals surface area contributed by atoms with Crippen molar-refractivity contribution in [1.29, 1.82) is 0 Å². The van der Waals surface area contributed by atoms with E-state index in [-0.39, 0.29) is 41.9 Å². The number of halogens is 1. The first-order chi connectivity index (χ1) is 20.2. The minimum absolute atomic E-state index is 0.0964. The molecular formula is C32H42INO8. The molecule has 2 N–H and O–H groups in total. The molecule has 1 aliphatic carbocycles. The summed E-state index contributed by atoms with van der Waals surface area (Å²) in [7, 11) is 3.20. The predicted molar refractivity (Wildman–Crippen MR) is 166 cm³/mol. The first-order valence-electron chi connectivity index (χ1n) is 14.8. The number of phenols is 1. The van der Waals surface area contributed by atoms with E-state index in [0.717, 1.165) is 46.0 Å². The van der Waals surface area contributed by atoms with Gasteiger partial charge in [0.25, 0.3) is 0 Å². The molecule has 10 heteroatoms. The number of rotatable bonds is 15. The lowest BCUT2D eigenvalue weighted by atomic mass is 9.69. The Labute approximate surface area is 261 Å². The van der Waals surface area contributed by atoms with Crippen LogP contribution in [0.1, 0.15) is 70.3 Å². The van der Waals surface area contributed by atoms with Crippen LogP contribution >= 0.6 is 22.6 Å². The van der Waals surface area contributed by atoms with Crippen LogP contribution in [0.25, 0.3) is 6.08 Å². The summed E-state index contributed by atoms with van der Waals surface area (Å²) in [6.45, 7) is 3.32. The van der Waals surface area contributed by atoms with Gasteiger partial charge < -0.3 is 24.4 Å². The molecule has 0 unspecified atom stereocenters.